The van der Waals surface area contributed by atoms with E-state index in [9.17, 15) is 46.6 Å². The van der Waals surface area contributed by atoms with Crippen LogP contribution in [0.3, 0.4) is 0 Å². The van der Waals surface area contributed by atoms with Crippen LogP contribution in [0.1, 0.15) is 52.2 Å². The molecule has 0 saturated carbocycles. The first kappa shape index (κ1) is 38.2. The Morgan fingerprint density at radius 2 is 1.72 bits per heavy atom. The lowest BCUT2D eigenvalue weighted by atomic mass is 9.98. The minimum absolute atomic E-state index is 0.0286. The summed E-state index contributed by atoms with van der Waals surface area (Å²) in [5.41, 5.74) is -3.48. The molecule has 3 aromatic heterocycles. The molecule has 12 nitrogen and oxygen atoms in total. The van der Waals surface area contributed by atoms with Gasteiger partial charge in [0.1, 0.15) is 29.0 Å². The topological polar surface area (TPSA) is 145 Å². The molecule has 0 aliphatic heterocycles. The maximum Gasteiger partial charge on any atom is 0.419 e. The number of carboxylic acid groups (broad SMARTS) is 1. The van der Waals surface area contributed by atoms with Crippen molar-refractivity contribution in [3.63, 3.8) is 0 Å². The van der Waals surface area contributed by atoms with E-state index in [2.05, 4.69) is 4.99 Å². The molecule has 0 fully saturated rings. The zero-order valence-electron chi connectivity index (χ0n) is 28.1. The summed E-state index contributed by atoms with van der Waals surface area (Å²) in [7, 11) is 2.79. The summed E-state index contributed by atoms with van der Waals surface area (Å²) in [5, 5.41) is 13.3. The van der Waals surface area contributed by atoms with Crippen LogP contribution in [-0.2, 0) is 47.7 Å². The van der Waals surface area contributed by atoms with Gasteiger partial charge in [0.2, 0.25) is 0 Å². The van der Waals surface area contributed by atoms with Crippen LogP contribution in [0, 0.1) is 11.7 Å². The molecule has 1 aromatic carbocycles. The number of aromatic nitrogens is 3. The van der Waals surface area contributed by atoms with Crippen LogP contribution in [0.4, 0.5) is 22.4 Å². The Hall–Kier alpha value is -4.58. The zero-order valence-corrected chi connectivity index (χ0v) is 29.8. The van der Waals surface area contributed by atoms with E-state index < -0.39 is 77.4 Å². The largest absolute Gasteiger partial charge is 0.480 e. The molecule has 0 aliphatic carbocycles. The second-order valence-corrected chi connectivity index (χ2v) is 14.3. The number of hydrogen-bond acceptors (Lipinski definition) is 8. The van der Waals surface area contributed by atoms with Gasteiger partial charge in [-0.1, -0.05) is 26.3 Å². The van der Waals surface area contributed by atoms with Crippen molar-refractivity contribution in [3.8, 4) is 11.3 Å². The molecule has 18 heteroatoms. The predicted molar refractivity (Wildman–Crippen MR) is 178 cm³/mol. The van der Waals surface area contributed by atoms with Gasteiger partial charge in [-0.15, -0.1) is 22.7 Å². The number of carbonyl (C=O) groups is 3. The zero-order chi connectivity index (χ0) is 37.5. The van der Waals surface area contributed by atoms with Gasteiger partial charge < -0.3 is 9.84 Å². The fourth-order valence-corrected chi connectivity index (χ4v) is 7.14. The molecule has 270 valence electrons. The van der Waals surface area contributed by atoms with E-state index in [-0.39, 0.29) is 21.4 Å². The standard InChI is InChI=1S/C32H35F4N5O7S2/c1-8-16(2)24(27(44)45)41(30(47)48-31(3,4)5)15-40-21(17-9-10-19(20(33)11-17)32(34,35)36)14-50-28(40)37-22(42)12-18-13-49-26-23(18)25(43)38(6)29(46)39(26)7/h9-11,13-14,16,24H,8,12,15H2,1-7H3,(H,44,45)/t16-,24-/m0/s1. The van der Waals surface area contributed by atoms with Gasteiger partial charge in [0.25, 0.3) is 11.5 Å². The van der Waals surface area contributed by atoms with Crippen LogP contribution in [0.2, 0.25) is 0 Å². The van der Waals surface area contributed by atoms with Crippen molar-refractivity contribution in [3.05, 3.63) is 71.5 Å². The molecular weight excluding hydrogens is 707 g/mol. The Morgan fingerprint density at radius 1 is 1.06 bits per heavy atom. The molecule has 0 bridgehead atoms. The highest BCUT2D eigenvalue weighted by atomic mass is 32.1. The number of benzene rings is 1. The molecule has 2 atom stereocenters. The van der Waals surface area contributed by atoms with Gasteiger partial charge in [-0.3, -0.25) is 28.2 Å². The Labute approximate surface area is 290 Å². The van der Waals surface area contributed by atoms with Crippen molar-refractivity contribution >= 4 is 50.9 Å². The van der Waals surface area contributed by atoms with Crippen molar-refractivity contribution < 1.29 is 41.8 Å². The molecule has 0 unspecified atom stereocenters. The third kappa shape index (κ3) is 7.90. The number of alkyl halides is 3. The lowest BCUT2D eigenvalue weighted by molar-refractivity contribution is -0.146. The number of aryl methyl sites for hydroxylation is 1. The summed E-state index contributed by atoms with van der Waals surface area (Å²) in [5.74, 6) is -4.33. The first-order valence-electron chi connectivity index (χ1n) is 15.2. The van der Waals surface area contributed by atoms with Crippen molar-refractivity contribution in [1.82, 2.24) is 18.6 Å². The summed E-state index contributed by atoms with van der Waals surface area (Å²) in [6, 6.07) is 0.748. The first-order valence-corrected chi connectivity index (χ1v) is 16.9. The quantitative estimate of drug-likeness (QED) is 0.228. The van der Waals surface area contributed by atoms with E-state index >= 15 is 0 Å². The second kappa shape index (κ2) is 14.3. The van der Waals surface area contributed by atoms with Crippen molar-refractivity contribution in [2.45, 2.75) is 71.9 Å². The van der Waals surface area contributed by atoms with Gasteiger partial charge in [0.05, 0.1) is 23.1 Å². The number of hydrogen-bond donors (Lipinski definition) is 1. The second-order valence-electron chi connectivity index (χ2n) is 12.6. The fraction of sp³-hybridized carbons (Fsp3) is 0.438. The number of rotatable bonds is 9. The van der Waals surface area contributed by atoms with Gasteiger partial charge in [0.15, 0.2) is 4.80 Å². The molecule has 0 saturated heterocycles. The predicted octanol–water partition coefficient (Wildman–Crippen LogP) is 5.35. The number of carbonyl (C=O) groups excluding carboxylic acids is 2. The number of amides is 2. The number of halogens is 4. The van der Waals surface area contributed by atoms with E-state index in [0.717, 1.165) is 38.2 Å². The minimum Gasteiger partial charge on any atom is -0.480 e. The average molecular weight is 742 g/mol. The number of aliphatic carboxylic acids is 1. The molecule has 2 amide bonds. The van der Waals surface area contributed by atoms with E-state index in [1.54, 1.807) is 40.0 Å². The number of thiophene rings is 1. The Kier molecular flexibility index (Phi) is 11.0. The van der Waals surface area contributed by atoms with Gasteiger partial charge in [-0.2, -0.15) is 18.2 Å². The maximum atomic E-state index is 14.8. The first-order chi connectivity index (χ1) is 23.2. The third-order valence-electron chi connectivity index (χ3n) is 7.87. The highest BCUT2D eigenvalue weighted by Gasteiger charge is 2.38. The van der Waals surface area contributed by atoms with Crippen LogP contribution >= 0.6 is 22.7 Å². The average Bonchev–Trinajstić information content (AvgIpc) is 3.60. The number of nitrogens with zero attached hydrogens (tertiary/aromatic N) is 5. The molecule has 1 N–H and O–H groups in total. The van der Waals surface area contributed by atoms with Crippen LogP contribution in [-0.4, -0.2) is 53.3 Å². The SMILES string of the molecule is CC[C@H](C)[C@@H](C(=O)O)N(Cn1c(-c2ccc(C(F)(F)F)c(F)c2)csc1=NC(=O)Cc1csc2c1c(=O)n(C)c(=O)n2C)C(=O)OC(C)(C)C. The van der Waals surface area contributed by atoms with Gasteiger partial charge in [-0.25, -0.2) is 18.8 Å². The monoisotopic (exact) mass is 741 g/mol. The number of thiazole rings is 1. The van der Waals surface area contributed by atoms with E-state index in [0.29, 0.717) is 28.9 Å². The van der Waals surface area contributed by atoms with Gasteiger partial charge in [-0.05, 0) is 49.8 Å². The molecule has 4 rings (SSSR count). The molecule has 50 heavy (non-hydrogen) atoms. The maximum absolute atomic E-state index is 14.8. The highest BCUT2D eigenvalue weighted by molar-refractivity contribution is 7.17. The molecule has 0 spiro atoms. The smallest absolute Gasteiger partial charge is 0.419 e. The van der Waals surface area contributed by atoms with Crippen LogP contribution in [0.15, 0.2) is 43.5 Å². The van der Waals surface area contributed by atoms with Gasteiger partial charge in [0, 0.05) is 25.0 Å². The normalized spacial score (nSPS) is 13.8. The van der Waals surface area contributed by atoms with Crippen molar-refractivity contribution in [2.24, 2.45) is 25.0 Å². The van der Waals surface area contributed by atoms with Crippen molar-refractivity contribution in [2.75, 3.05) is 0 Å². The number of carboxylic acids is 1. The van der Waals surface area contributed by atoms with Crippen molar-refractivity contribution in [1.29, 1.82) is 0 Å². The van der Waals surface area contributed by atoms with E-state index in [1.807, 2.05) is 0 Å². The molecule has 0 radical (unpaired) electrons. The van der Waals surface area contributed by atoms with Crippen LogP contribution in [0.5, 0.6) is 0 Å². The Bertz CT molecular complexity index is 2150. The lowest BCUT2D eigenvalue weighted by Gasteiger charge is -2.34. The highest BCUT2D eigenvalue weighted by Crippen LogP contribution is 2.34. The molecule has 0 aliphatic rings. The summed E-state index contributed by atoms with van der Waals surface area (Å²) in [6.07, 6.45) is -6.07. The van der Waals surface area contributed by atoms with Gasteiger partial charge >= 0.3 is 23.9 Å². The summed E-state index contributed by atoms with van der Waals surface area (Å²) in [4.78, 5) is 70.3. The fourth-order valence-electron chi connectivity index (χ4n) is 5.19. The van der Waals surface area contributed by atoms with Crippen LogP contribution in [0.25, 0.3) is 21.5 Å². The van der Waals surface area contributed by atoms with E-state index in [1.165, 1.54) is 28.6 Å². The Balaban J connectivity index is 1.91. The third-order valence-corrected chi connectivity index (χ3v) is 9.84. The van der Waals surface area contributed by atoms with Crippen LogP contribution < -0.4 is 16.1 Å². The summed E-state index contributed by atoms with van der Waals surface area (Å²) in [6.45, 7) is 7.47. The number of fused-ring (bicyclic) bond motifs is 1. The van der Waals surface area contributed by atoms with E-state index in [4.69, 9.17) is 4.74 Å². The number of ether oxygens (including phenoxy) is 1. The summed E-state index contributed by atoms with van der Waals surface area (Å²) >= 11 is 1.92. The minimum atomic E-state index is -4.97. The Morgan fingerprint density at radius 3 is 2.28 bits per heavy atom. The lowest BCUT2D eigenvalue weighted by Crippen LogP contribution is -2.51. The molecule has 3 heterocycles. The molecular formula is C32H35F4N5O7S2. The summed E-state index contributed by atoms with van der Waals surface area (Å²) < 4.78 is 63.9. The molecule has 4 aromatic rings.